The summed E-state index contributed by atoms with van der Waals surface area (Å²) in [5.74, 6) is 0. The van der Waals surface area contributed by atoms with E-state index in [1.807, 2.05) is 12.1 Å². The highest BCUT2D eigenvalue weighted by atomic mass is 32.1. The topological polar surface area (TPSA) is 17.1 Å². The van der Waals surface area contributed by atoms with Crippen molar-refractivity contribution in [2.24, 2.45) is 0 Å². The van der Waals surface area contributed by atoms with Gasteiger partial charge in [0.1, 0.15) is 0 Å². The minimum Gasteiger partial charge on any atom is -0.297 e. The molecule has 0 aliphatic heterocycles. The van der Waals surface area contributed by atoms with Crippen LogP contribution in [-0.2, 0) is 0 Å². The van der Waals surface area contributed by atoms with Crippen LogP contribution in [0.4, 0.5) is 0 Å². The first-order chi connectivity index (χ1) is 6.10. The average Bonchev–Trinajstić information content (AvgIpc) is 2.52. The Balaban J connectivity index is 2.92. The van der Waals surface area contributed by atoms with Gasteiger partial charge in [0, 0.05) is 0 Å². The van der Waals surface area contributed by atoms with Crippen molar-refractivity contribution in [1.82, 2.24) is 0 Å². The second-order valence-electron chi connectivity index (χ2n) is 3.70. The van der Waals surface area contributed by atoms with Gasteiger partial charge in [-0.05, 0) is 16.6 Å². The molecule has 0 aliphatic rings. The van der Waals surface area contributed by atoms with Crippen LogP contribution in [0.2, 0.25) is 19.1 Å². The quantitative estimate of drug-likeness (QED) is 0.424. The van der Waals surface area contributed by atoms with Crippen molar-refractivity contribution < 1.29 is 4.79 Å². The van der Waals surface area contributed by atoms with Crippen molar-refractivity contribution in [2.75, 3.05) is 0 Å². The number of allylic oxidation sites excluding steroid dienone is 1. The molecule has 0 aliphatic carbocycles. The van der Waals surface area contributed by atoms with Crippen molar-refractivity contribution in [3.63, 3.8) is 0 Å². The highest BCUT2D eigenvalue weighted by molar-refractivity contribution is 7.27. The van der Waals surface area contributed by atoms with Crippen molar-refractivity contribution in [1.29, 1.82) is 0 Å². The molecule has 0 radical (unpaired) electrons. The fraction of sp³-hybridized carbons (Fsp3) is 0.300. The lowest BCUT2D eigenvalue weighted by Gasteiger charge is -2.17. The number of aldehydes is 1. The number of hydrogen-bond acceptors (Lipinski definition) is 2. The summed E-state index contributed by atoms with van der Waals surface area (Å²) < 4.78 is 1.38. The number of thiophene rings is 1. The summed E-state index contributed by atoms with van der Waals surface area (Å²) in [5.41, 5.74) is 0. The predicted octanol–water partition coefficient (Wildman–Crippen LogP) is 2.66. The molecule has 0 unspecified atom stereocenters. The third-order valence-corrected chi connectivity index (χ3v) is 7.66. The SMILES string of the molecule is C=CC[Si](C)(C)c1ccc(C=O)s1. The molecule has 0 saturated heterocycles. The molecular formula is C10H14OSSi. The zero-order chi connectivity index (χ0) is 9.90. The zero-order valence-electron chi connectivity index (χ0n) is 8.04. The minimum atomic E-state index is -1.33. The molecular weight excluding hydrogens is 196 g/mol. The van der Waals surface area contributed by atoms with E-state index in [1.54, 1.807) is 11.3 Å². The molecule has 0 amide bonds. The van der Waals surface area contributed by atoms with E-state index in [9.17, 15) is 4.79 Å². The largest absolute Gasteiger partial charge is 0.297 e. The van der Waals surface area contributed by atoms with Crippen molar-refractivity contribution in [3.05, 3.63) is 29.7 Å². The second-order valence-corrected chi connectivity index (χ2v) is 9.89. The number of hydrogen-bond donors (Lipinski definition) is 0. The van der Waals surface area contributed by atoms with E-state index < -0.39 is 8.07 Å². The van der Waals surface area contributed by atoms with Gasteiger partial charge in [0.15, 0.2) is 6.29 Å². The Bertz CT molecular complexity index is 314. The molecule has 0 atom stereocenters. The van der Waals surface area contributed by atoms with Gasteiger partial charge < -0.3 is 0 Å². The summed E-state index contributed by atoms with van der Waals surface area (Å²) in [6.07, 6.45) is 2.90. The summed E-state index contributed by atoms with van der Waals surface area (Å²) in [4.78, 5) is 11.3. The first-order valence-electron chi connectivity index (χ1n) is 4.26. The number of carbonyl (C=O) groups excluding carboxylic acids is 1. The molecule has 0 fully saturated rings. The molecule has 3 heteroatoms. The van der Waals surface area contributed by atoms with E-state index in [-0.39, 0.29) is 0 Å². The van der Waals surface area contributed by atoms with Gasteiger partial charge in [-0.3, -0.25) is 4.79 Å². The third kappa shape index (κ3) is 2.38. The average molecular weight is 210 g/mol. The van der Waals surface area contributed by atoms with E-state index in [0.717, 1.165) is 17.2 Å². The Morgan fingerprint density at radius 3 is 2.69 bits per heavy atom. The molecule has 1 aromatic heterocycles. The van der Waals surface area contributed by atoms with Crippen LogP contribution >= 0.6 is 11.3 Å². The lowest BCUT2D eigenvalue weighted by atomic mass is 10.5. The molecule has 0 bridgehead atoms. The van der Waals surface area contributed by atoms with Crippen LogP contribution in [-0.4, -0.2) is 14.4 Å². The molecule has 70 valence electrons. The van der Waals surface area contributed by atoms with Gasteiger partial charge >= 0.3 is 0 Å². The maximum Gasteiger partial charge on any atom is 0.159 e. The van der Waals surface area contributed by atoms with Crippen LogP contribution in [0, 0.1) is 0 Å². The summed E-state index contributed by atoms with van der Waals surface area (Å²) in [7, 11) is -1.33. The predicted molar refractivity (Wildman–Crippen MR) is 61.8 cm³/mol. The molecule has 1 nitrogen and oxygen atoms in total. The van der Waals surface area contributed by atoms with Gasteiger partial charge in [0.05, 0.1) is 13.0 Å². The van der Waals surface area contributed by atoms with E-state index in [0.29, 0.717) is 0 Å². The molecule has 1 rings (SSSR count). The summed E-state index contributed by atoms with van der Waals surface area (Å²) >= 11 is 1.63. The van der Waals surface area contributed by atoms with E-state index in [2.05, 4.69) is 25.7 Å². The first-order valence-corrected chi connectivity index (χ1v) is 8.29. The molecule has 13 heavy (non-hydrogen) atoms. The number of rotatable bonds is 4. The van der Waals surface area contributed by atoms with Gasteiger partial charge in [-0.2, -0.15) is 0 Å². The first kappa shape index (κ1) is 10.4. The van der Waals surface area contributed by atoms with Crippen LogP contribution in [0.5, 0.6) is 0 Å². The van der Waals surface area contributed by atoms with Gasteiger partial charge in [0.25, 0.3) is 0 Å². The second kappa shape index (κ2) is 4.02. The van der Waals surface area contributed by atoms with Gasteiger partial charge in [-0.25, -0.2) is 0 Å². The fourth-order valence-corrected chi connectivity index (χ4v) is 4.98. The van der Waals surface area contributed by atoms with E-state index in [1.165, 1.54) is 4.50 Å². The zero-order valence-corrected chi connectivity index (χ0v) is 9.86. The highest BCUT2D eigenvalue weighted by Crippen LogP contribution is 2.15. The maximum absolute atomic E-state index is 10.5. The monoisotopic (exact) mass is 210 g/mol. The standard InChI is InChI=1S/C10H14OSSi/c1-4-7-13(2,3)10-6-5-9(8-11)12-10/h4-6,8H,1,7H2,2-3H3. The van der Waals surface area contributed by atoms with Crippen LogP contribution in [0.3, 0.4) is 0 Å². The Labute approximate surface area is 84.1 Å². The smallest absolute Gasteiger partial charge is 0.159 e. The van der Waals surface area contributed by atoms with Crippen molar-refractivity contribution >= 4 is 30.2 Å². The Morgan fingerprint density at radius 2 is 2.23 bits per heavy atom. The van der Waals surface area contributed by atoms with Gasteiger partial charge in [-0.1, -0.05) is 25.2 Å². The number of carbonyl (C=O) groups is 1. The van der Waals surface area contributed by atoms with Gasteiger partial charge in [0.2, 0.25) is 0 Å². The Morgan fingerprint density at radius 1 is 1.54 bits per heavy atom. The molecule has 0 saturated carbocycles. The van der Waals surface area contributed by atoms with Crippen molar-refractivity contribution in [3.8, 4) is 0 Å². The molecule has 0 spiro atoms. The minimum absolute atomic E-state index is 0.833. The Kier molecular flexibility index (Phi) is 3.22. The van der Waals surface area contributed by atoms with Crippen LogP contribution < -0.4 is 4.50 Å². The molecule has 0 N–H and O–H groups in total. The van der Waals surface area contributed by atoms with Crippen LogP contribution in [0.1, 0.15) is 9.67 Å². The summed E-state index contributed by atoms with van der Waals surface area (Å²) in [6, 6.07) is 5.07. The summed E-state index contributed by atoms with van der Waals surface area (Å²) in [5, 5.41) is 0. The van der Waals surface area contributed by atoms with Crippen LogP contribution in [0.25, 0.3) is 0 Å². The van der Waals surface area contributed by atoms with Crippen molar-refractivity contribution in [2.45, 2.75) is 19.1 Å². The Hall–Kier alpha value is -0.673. The molecule has 0 aromatic carbocycles. The van der Waals surface area contributed by atoms with Crippen LogP contribution in [0.15, 0.2) is 24.8 Å². The van der Waals surface area contributed by atoms with E-state index in [4.69, 9.17) is 0 Å². The molecule has 1 aromatic rings. The molecule has 1 heterocycles. The van der Waals surface area contributed by atoms with E-state index >= 15 is 0 Å². The summed E-state index contributed by atoms with van der Waals surface area (Å²) in [6.45, 7) is 8.37. The van der Waals surface area contributed by atoms with Gasteiger partial charge in [-0.15, -0.1) is 17.9 Å². The maximum atomic E-state index is 10.5. The lowest BCUT2D eigenvalue weighted by molar-refractivity contribution is 0.112. The lowest BCUT2D eigenvalue weighted by Crippen LogP contribution is -2.38. The fourth-order valence-electron chi connectivity index (χ4n) is 1.24. The highest BCUT2D eigenvalue weighted by Gasteiger charge is 2.23. The normalized spacial score (nSPS) is 11.2. The third-order valence-electron chi connectivity index (χ3n) is 2.06.